The Labute approximate surface area is 170 Å². The Kier molecular flexibility index (Phi) is 8.13. The van der Waals surface area contributed by atoms with Gasteiger partial charge >= 0.3 is 6.09 Å². The molecular formula is C19H32BrN5O2. The summed E-state index contributed by atoms with van der Waals surface area (Å²) >= 11 is 3.52. The number of hydrogen-bond donors (Lipinski definition) is 3. The first-order valence-corrected chi connectivity index (χ1v) is 10.6. The van der Waals surface area contributed by atoms with E-state index in [4.69, 9.17) is 4.74 Å². The number of unbranched alkanes of at least 4 members (excludes halogenated alkanes) is 1. The number of amides is 1. The maximum atomic E-state index is 11.9. The molecule has 1 saturated carbocycles. The highest BCUT2D eigenvalue weighted by molar-refractivity contribution is 9.10. The molecule has 0 aliphatic heterocycles. The van der Waals surface area contributed by atoms with Gasteiger partial charge in [-0.3, -0.25) is 0 Å². The Morgan fingerprint density at radius 3 is 2.56 bits per heavy atom. The van der Waals surface area contributed by atoms with Gasteiger partial charge in [0.1, 0.15) is 11.4 Å². The number of nitrogens with zero attached hydrogens (tertiary/aromatic N) is 2. The second-order valence-corrected chi connectivity index (χ2v) is 8.86. The van der Waals surface area contributed by atoms with Crippen LogP contribution in [0.5, 0.6) is 0 Å². The van der Waals surface area contributed by atoms with E-state index in [1.54, 1.807) is 6.20 Å². The summed E-state index contributed by atoms with van der Waals surface area (Å²) in [4.78, 5) is 20.8. The molecule has 1 aromatic rings. The van der Waals surface area contributed by atoms with Gasteiger partial charge in [-0.2, -0.15) is 4.98 Å². The first kappa shape index (κ1) is 21.7. The smallest absolute Gasteiger partial charge is 0.407 e. The molecule has 0 aromatic carbocycles. The third kappa shape index (κ3) is 7.91. The van der Waals surface area contributed by atoms with Crippen molar-refractivity contribution in [2.45, 2.75) is 83.9 Å². The number of anilines is 2. The van der Waals surface area contributed by atoms with Crippen molar-refractivity contribution in [3.05, 3.63) is 10.7 Å². The monoisotopic (exact) mass is 441 g/mol. The molecule has 1 heterocycles. The van der Waals surface area contributed by atoms with Gasteiger partial charge in [0.25, 0.3) is 0 Å². The van der Waals surface area contributed by atoms with Gasteiger partial charge in [0, 0.05) is 24.8 Å². The summed E-state index contributed by atoms with van der Waals surface area (Å²) in [5.41, 5.74) is -0.467. The van der Waals surface area contributed by atoms with E-state index in [0.717, 1.165) is 55.4 Å². The predicted octanol–water partition coefficient (Wildman–Crippen LogP) is 4.70. The van der Waals surface area contributed by atoms with Gasteiger partial charge in [-0.1, -0.05) is 13.3 Å². The maximum absolute atomic E-state index is 11.9. The van der Waals surface area contributed by atoms with Crippen LogP contribution >= 0.6 is 15.9 Å². The molecule has 27 heavy (non-hydrogen) atoms. The molecule has 0 unspecified atom stereocenters. The predicted molar refractivity (Wildman–Crippen MR) is 112 cm³/mol. The molecule has 7 nitrogen and oxygen atoms in total. The molecule has 3 N–H and O–H groups in total. The van der Waals surface area contributed by atoms with E-state index >= 15 is 0 Å². The van der Waals surface area contributed by atoms with E-state index in [0.29, 0.717) is 12.0 Å². The highest BCUT2D eigenvalue weighted by Gasteiger charge is 2.25. The molecule has 1 aliphatic rings. The summed E-state index contributed by atoms with van der Waals surface area (Å²) < 4.78 is 6.20. The van der Waals surface area contributed by atoms with Gasteiger partial charge in [-0.05, 0) is 68.8 Å². The van der Waals surface area contributed by atoms with Gasteiger partial charge in [0.05, 0.1) is 4.47 Å². The average molecular weight is 442 g/mol. The third-order valence-corrected chi connectivity index (χ3v) is 4.93. The number of alkyl carbamates (subject to hydrolysis) is 1. The third-order valence-electron chi connectivity index (χ3n) is 4.35. The van der Waals surface area contributed by atoms with Crippen LogP contribution in [0.15, 0.2) is 10.7 Å². The highest BCUT2D eigenvalue weighted by Crippen LogP contribution is 2.26. The Bertz CT molecular complexity index is 613. The van der Waals surface area contributed by atoms with Crippen molar-refractivity contribution >= 4 is 33.8 Å². The van der Waals surface area contributed by atoms with Crippen LogP contribution in [0.4, 0.5) is 16.6 Å². The summed E-state index contributed by atoms with van der Waals surface area (Å²) in [5, 5.41) is 9.74. The van der Waals surface area contributed by atoms with E-state index in [1.165, 1.54) is 0 Å². The van der Waals surface area contributed by atoms with Crippen molar-refractivity contribution in [3.63, 3.8) is 0 Å². The van der Waals surface area contributed by atoms with Crippen molar-refractivity contribution in [2.75, 3.05) is 17.2 Å². The van der Waals surface area contributed by atoms with Crippen molar-refractivity contribution in [2.24, 2.45) is 0 Å². The maximum Gasteiger partial charge on any atom is 0.407 e. The molecule has 0 radical (unpaired) electrons. The number of ether oxygens (including phenoxy) is 1. The van der Waals surface area contributed by atoms with Crippen molar-refractivity contribution in [1.29, 1.82) is 0 Å². The minimum absolute atomic E-state index is 0.165. The van der Waals surface area contributed by atoms with Gasteiger partial charge in [-0.15, -0.1) is 0 Å². The molecule has 0 spiro atoms. The minimum Gasteiger partial charge on any atom is -0.444 e. The average Bonchev–Trinajstić information content (AvgIpc) is 2.58. The van der Waals surface area contributed by atoms with E-state index in [1.807, 2.05) is 20.8 Å². The summed E-state index contributed by atoms with van der Waals surface area (Å²) in [5.74, 6) is 1.46. The van der Waals surface area contributed by atoms with Gasteiger partial charge in [0.2, 0.25) is 5.95 Å². The second-order valence-electron chi connectivity index (χ2n) is 8.01. The molecule has 152 valence electrons. The molecule has 1 aliphatic carbocycles. The Morgan fingerprint density at radius 2 is 1.93 bits per heavy atom. The first-order chi connectivity index (χ1) is 12.8. The zero-order chi connectivity index (χ0) is 19.9. The standard InChI is InChI=1S/C19H32BrN5O2/c1-5-6-11-21-17-22-12-15(20)16(25-17)23-13-7-9-14(10-8-13)24-18(26)27-19(2,3)4/h12-14H,5-11H2,1-4H3,(H,24,26)(H2,21,22,23,25). The van der Waals surface area contributed by atoms with Crippen LogP contribution in [0.2, 0.25) is 0 Å². The first-order valence-electron chi connectivity index (χ1n) is 9.79. The van der Waals surface area contributed by atoms with Crippen LogP contribution in [-0.2, 0) is 4.74 Å². The number of nitrogens with one attached hydrogen (secondary N) is 3. The fraction of sp³-hybridized carbons (Fsp3) is 0.737. The lowest BCUT2D eigenvalue weighted by Gasteiger charge is -2.31. The second kappa shape index (κ2) is 10.1. The molecule has 0 bridgehead atoms. The van der Waals surface area contributed by atoms with Crippen LogP contribution in [-0.4, -0.2) is 40.3 Å². The molecular weight excluding hydrogens is 410 g/mol. The largest absolute Gasteiger partial charge is 0.444 e. The van der Waals surface area contributed by atoms with Crippen molar-refractivity contribution < 1.29 is 9.53 Å². The topological polar surface area (TPSA) is 88.2 Å². The van der Waals surface area contributed by atoms with E-state index in [9.17, 15) is 4.79 Å². The lowest BCUT2D eigenvalue weighted by atomic mass is 9.91. The molecule has 1 amide bonds. The number of halogens is 1. The lowest BCUT2D eigenvalue weighted by molar-refractivity contribution is 0.0492. The van der Waals surface area contributed by atoms with Gasteiger partial charge in [-0.25, -0.2) is 9.78 Å². The Balaban J connectivity index is 1.81. The fourth-order valence-electron chi connectivity index (χ4n) is 2.98. The fourth-order valence-corrected chi connectivity index (χ4v) is 3.29. The van der Waals surface area contributed by atoms with E-state index in [-0.39, 0.29) is 12.1 Å². The summed E-state index contributed by atoms with van der Waals surface area (Å²) in [6.07, 6.45) is 7.44. The molecule has 0 saturated heterocycles. The summed E-state index contributed by atoms with van der Waals surface area (Å²) in [6, 6.07) is 0.495. The Morgan fingerprint density at radius 1 is 1.26 bits per heavy atom. The zero-order valence-electron chi connectivity index (χ0n) is 16.8. The molecule has 8 heteroatoms. The van der Waals surface area contributed by atoms with E-state index in [2.05, 4.69) is 48.8 Å². The summed E-state index contributed by atoms with van der Waals surface area (Å²) in [7, 11) is 0. The van der Waals surface area contributed by atoms with Crippen LogP contribution in [0, 0.1) is 0 Å². The molecule has 2 rings (SSSR count). The quantitative estimate of drug-likeness (QED) is 0.531. The minimum atomic E-state index is -0.467. The van der Waals surface area contributed by atoms with Gasteiger partial charge in [0.15, 0.2) is 0 Å². The van der Waals surface area contributed by atoms with E-state index < -0.39 is 5.60 Å². The van der Waals surface area contributed by atoms with Crippen LogP contribution in [0.25, 0.3) is 0 Å². The molecule has 1 fully saturated rings. The summed E-state index contributed by atoms with van der Waals surface area (Å²) in [6.45, 7) is 8.65. The van der Waals surface area contributed by atoms with Crippen LogP contribution < -0.4 is 16.0 Å². The molecule has 1 aromatic heterocycles. The van der Waals surface area contributed by atoms with Crippen LogP contribution in [0.3, 0.4) is 0 Å². The number of aromatic nitrogens is 2. The number of carbonyl (C=O) groups excluding carboxylic acids is 1. The number of carbonyl (C=O) groups is 1. The van der Waals surface area contributed by atoms with Crippen molar-refractivity contribution in [3.8, 4) is 0 Å². The van der Waals surface area contributed by atoms with Crippen LogP contribution in [0.1, 0.15) is 66.2 Å². The normalized spacial score (nSPS) is 20.0. The number of hydrogen-bond acceptors (Lipinski definition) is 6. The highest BCUT2D eigenvalue weighted by atomic mass is 79.9. The van der Waals surface area contributed by atoms with Crippen molar-refractivity contribution in [1.82, 2.24) is 15.3 Å². The zero-order valence-corrected chi connectivity index (χ0v) is 18.4. The van der Waals surface area contributed by atoms with Gasteiger partial charge < -0.3 is 20.7 Å². The Hall–Kier alpha value is -1.57. The molecule has 0 atom stereocenters. The lowest BCUT2D eigenvalue weighted by Crippen LogP contribution is -2.42. The number of rotatable bonds is 7. The SMILES string of the molecule is CCCCNc1ncc(Br)c(NC2CCC(NC(=O)OC(C)(C)C)CC2)n1.